The number of halogens is 3. The van der Waals surface area contributed by atoms with Crippen LogP contribution in [0.5, 0.6) is 0 Å². The third-order valence-corrected chi connectivity index (χ3v) is 3.77. The summed E-state index contributed by atoms with van der Waals surface area (Å²) in [5.41, 5.74) is 7.00. The van der Waals surface area contributed by atoms with Gasteiger partial charge in [-0.05, 0) is 42.7 Å². The molecule has 128 valence electrons. The summed E-state index contributed by atoms with van der Waals surface area (Å²) in [6.45, 7) is 1.66. The number of carbonyl (C=O) groups is 1. The minimum absolute atomic E-state index is 0.220. The average Bonchev–Trinajstić information content (AvgIpc) is 2.53. The molecule has 0 heterocycles. The van der Waals surface area contributed by atoms with Crippen molar-refractivity contribution in [2.24, 2.45) is 0 Å². The molecule has 3 N–H and O–H groups in total. The summed E-state index contributed by atoms with van der Waals surface area (Å²) >= 11 is 0. The third kappa shape index (κ3) is 4.75. The molecule has 24 heavy (non-hydrogen) atoms. The molecule has 1 amide bonds. The highest BCUT2D eigenvalue weighted by atomic mass is 19.4. The Bertz CT molecular complexity index is 713. The van der Waals surface area contributed by atoms with E-state index in [0.717, 1.165) is 17.7 Å². The van der Waals surface area contributed by atoms with Gasteiger partial charge in [0, 0.05) is 12.1 Å². The molecular weight excluding hydrogens is 317 g/mol. The molecule has 0 aliphatic rings. The quantitative estimate of drug-likeness (QED) is 0.808. The second kappa shape index (κ2) is 7.38. The predicted octanol–water partition coefficient (Wildman–Crippen LogP) is 4.10. The molecule has 2 aromatic carbocycles. The monoisotopic (exact) mass is 336 g/mol. The Morgan fingerprint density at radius 2 is 1.88 bits per heavy atom. The number of hydrogen-bond acceptors (Lipinski definition) is 2. The Hall–Kier alpha value is -2.50. The van der Waals surface area contributed by atoms with E-state index >= 15 is 0 Å². The van der Waals surface area contributed by atoms with Crippen molar-refractivity contribution in [3.8, 4) is 0 Å². The van der Waals surface area contributed by atoms with Crippen molar-refractivity contribution in [3.63, 3.8) is 0 Å². The van der Waals surface area contributed by atoms with Gasteiger partial charge in [-0.25, -0.2) is 0 Å². The number of aryl methyl sites for hydroxylation is 1. The number of para-hydroxylation sites is 1. The summed E-state index contributed by atoms with van der Waals surface area (Å²) in [5.74, 6) is -0.233. The van der Waals surface area contributed by atoms with E-state index in [1.165, 1.54) is 6.07 Å². The van der Waals surface area contributed by atoms with Crippen LogP contribution in [-0.2, 0) is 17.4 Å². The molecule has 0 fully saturated rings. The Morgan fingerprint density at radius 3 is 2.54 bits per heavy atom. The molecule has 0 aromatic heterocycles. The number of nitrogen functional groups attached to an aromatic ring is 1. The normalized spacial score (nSPS) is 12.7. The Balaban J connectivity index is 1.95. The number of amides is 1. The van der Waals surface area contributed by atoms with Crippen LogP contribution in [0.25, 0.3) is 0 Å². The second-order valence-corrected chi connectivity index (χ2v) is 5.61. The van der Waals surface area contributed by atoms with E-state index in [2.05, 4.69) is 5.32 Å². The van der Waals surface area contributed by atoms with Crippen LogP contribution >= 0.6 is 0 Å². The fourth-order valence-corrected chi connectivity index (χ4v) is 2.39. The van der Waals surface area contributed by atoms with Gasteiger partial charge in [0.05, 0.1) is 11.6 Å². The molecule has 2 rings (SSSR count). The van der Waals surface area contributed by atoms with E-state index in [9.17, 15) is 18.0 Å². The van der Waals surface area contributed by atoms with Gasteiger partial charge >= 0.3 is 6.18 Å². The first-order chi connectivity index (χ1) is 11.3. The lowest BCUT2D eigenvalue weighted by molar-refractivity contribution is -0.137. The minimum atomic E-state index is -4.40. The van der Waals surface area contributed by atoms with Crippen LogP contribution in [-0.4, -0.2) is 5.91 Å². The van der Waals surface area contributed by atoms with Crippen LogP contribution < -0.4 is 11.1 Å². The molecule has 0 radical (unpaired) electrons. The van der Waals surface area contributed by atoms with E-state index in [1.54, 1.807) is 19.1 Å². The summed E-state index contributed by atoms with van der Waals surface area (Å²) < 4.78 is 38.2. The second-order valence-electron chi connectivity index (χ2n) is 5.61. The summed E-state index contributed by atoms with van der Waals surface area (Å²) in [6, 6.07) is 11.7. The molecule has 0 bridgehead atoms. The summed E-state index contributed by atoms with van der Waals surface area (Å²) in [4.78, 5) is 12.0. The predicted molar refractivity (Wildman–Crippen MR) is 87.2 cm³/mol. The summed E-state index contributed by atoms with van der Waals surface area (Å²) in [7, 11) is 0. The fraction of sp³-hybridized carbons (Fsp3) is 0.278. The molecule has 3 nitrogen and oxygen atoms in total. The maximum atomic E-state index is 12.7. The van der Waals surface area contributed by atoms with Crippen LogP contribution in [0.15, 0.2) is 48.5 Å². The third-order valence-electron chi connectivity index (χ3n) is 3.77. The van der Waals surface area contributed by atoms with Crippen molar-refractivity contribution in [1.29, 1.82) is 0 Å². The van der Waals surface area contributed by atoms with Gasteiger partial charge in [0.25, 0.3) is 0 Å². The zero-order valence-corrected chi connectivity index (χ0v) is 13.2. The topological polar surface area (TPSA) is 55.1 Å². The SMILES string of the molecule is CC(NC(=O)CCc1ccccc1N)c1cccc(C(F)(F)F)c1. The van der Waals surface area contributed by atoms with Crippen LogP contribution in [0.2, 0.25) is 0 Å². The Labute approximate surface area is 138 Å². The molecule has 6 heteroatoms. The highest BCUT2D eigenvalue weighted by molar-refractivity contribution is 5.77. The lowest BCUT2D eigenvalue weighted by Gasteiger charge is -2.16. The number of carbonyl (C=O) groups excluding carboxylic acids is 1. The molecule has 0 saturated heterocycles. The molecule has 0 spiro atoms. The van der Waals surface area contributed by atoms with E-state index in [0.29, 0.717) is 17.7 Å². The van der Waals surface area contributed by atoms with Gasteiger partial charge in [0.15, 0.2) is 0 Å². The zero-order valence-electron chi connectivity index (χ0n) is 13.2. The highest BCUT2D eigenvalue weighted by Gasteiger charge is 2.30. The van der Waals surface area contributed by atoms with E-state index < -0.39 is 17.8 Å². The molecule has 1 unspecified atom stereocenters. The van der Waals surface area contributed by atoms with Gasteiger partial charge in [-0.2, -0.15) is 13.2 Å². The Kier molecular flexibility index (Phi) is 5.49. The van der Waals surface area contributed by atoms with E-state index in [4.69, 9.17) is 5.73 Å². The molecule has 0 aliphatic heterocycles. The van der Waals surface area contributed by atoms with Crippen LogP contribution in [0.3, 0.4) is 0 Å². The molecule has 0 aliphatic carbocycles. The lowest BCUT2D eigenvalue weighted by atomic mass is 10.0. The Morgan fingerprint density at radius 1 is 1.17 bits per heavy atom. The highest BCUT2D eigenvalue weighted by Crippen LogP contribution is 2.30. The van der Waals surface area contributed by atoms with Crippen molar-refractivity contribution in [2.45, 2.75) is 32.0 Å². The summed E-state index contributed by atoms with van der Waals surface area (Å²) in [6.07, 6.45) is -3.70. The molecular formula is C18H19F3N2O. The molecule has 0 saturated carbocycles. The minimum Gasteiger partial charge on any atom is -0.399 e. The maximum Gasteiger partial charge on any atom is 0.416 e. The largest absolute Gasteiger partial charge is 0.416 e. The first-order valence-corrected chi connectivity index (χ1v) is 7.57. The van der Waals surface area contributed by atoms with Gasteiger partial charge in [-0.3, -0.25) is 4.79 Å². The number of alkyl halides is 3. The zero-order chi connectivity index (χ0) is 17.7. The van der Waals surface area contributed by atoms with E-state index in [-0.39, 0.29) is 12.3 Å². The number of benzene rings is 2. The number of hydrogen-bond donors (Lipinski definition) is 2. The number of nitrogens with two attached hydrogens (primary N) is 1. The van der Waals surface area contributed by atoms with Gasteiger partial charge in [0.2, 0.25) is 5.91 Å². The van der Waals surface area contributed by atoms with Crippen molar-refractivity contribution in [1.82, 2.24) is 5.32 Å². The van der Waals surface area contributed by atoms with Crippen LogP contribution in [0.4, 0.5) is 18.9 Å². The first-order valence-electron chi connectivity index (χ1n) is 7.57. The molecule has 1 atom stereocenters. The maximum absolute atomic E-state index is 12.7. The summed E-state index contributed by atoms with van der Waals surface area (Å²) in [5, 5.41) is 2.72. The fourth-order valence-electron chi connectivity index (χ4n) is 2.39. The molecule has 2 aromatic rings. The standard InChI is InChI=1S/C18H19F3N2O/c1-12(14-6-4-7-15(11-14)18(19,20)21)23-17(24)10-9-13-5-2-3-8-16(13)22/h2-8,11-12H,9-10,22H2,1H3,(H,23,24). The number of rotatable bonds is 5. The first kappa shape index (κ1) is 17.8. The van der Waals surface area contributed by atoms with Gasteiger partial charge in [-0.15, -0.1) is 0 Å². The van der Waals surface area contributed by atoms with Crippen LogP contribution in [0, 0.1) is 0 Å². The van der Waals surface area contributed by atoms with Gasteiger partial charge < -0.3 is 11.1 Å². The lowest BCUT2D eigenvalue weighted by Crippen LogP contribution is -2.27. The van der Waals surface area contributed by atoms with E-state index in [1.807, 2.05) is 18.2 Å². The van der Waals surface area contributed by atoms with Crippen molar-refractivity contribution >= 4 is 11.6 Å². The average molecular weight is 336 g/mol. The van der Waals surface area contributed by atoms with Crippen molar-refractivity contribution in [2.75, 3.05) is 5.73 Å². The van der Waals surface area contributed by atoms with Crippen molar-refractivity contribution in [3.05, 3.63) is 65.2 Å². The number of nitrogens with one attached hydrogen (secondary N) is 1. The van der Waals surface area contributed by atoms with Gasteiger partial charge in [-0.1, -0.05) is 30.3 Å². The smallest absolute Gasteiger partial charge is 0.399 e. The van der Waals surface area contributed by atoms with Crippen LogP contribution in [0.1, 0.15) is 36.1 Å². The number of anilines is 1. The van der Waals surface area contributed by atoms with Gasteiger partial charge in [0.1, 0.15) is 0 Å². The van der Waals surface area contributed by atoms with Crippen molar-refractivity contribution < 1.29 is 18.0 Å².